The Morgan fingerprint density at radius 3 is 2.50 bits per heavy atom. The first-order chi connectivity index (χ1) is 11.5. The Hall–Kier alpha value is -2.23. The lowest BCUT2D eigenvalue weighted by molar-refractivity contribution is 0.647. The predicted octanol–water partition coefficient (Wildman–Crippen LogP) is 4.77. The van der Waals surface area contributed by atoms with E-state index in [1.54, 1.807) is 0 Å². The van der Waals surface area contributed by atoms with Crippen molar-refractivity contribution in [2.45, 2.75) is 53.9 Å². The first-order valence-electron chi connectivity index (χ1n) is 8.72. The third-order valence-corrected chi connectivity index (χ3v) is 3.75. The van der Waals surface area contributed by atoms with Crippen molar-refractivity contribution < 1.29 is 0 Å². The van der Waals surface area contributed by atoms with Gasteiger partial charge >= 0.3 is 0 Å². The molecular formula is C20H28N4. The molecule has 2 aromatic rings. The van der Waals surface area contributed by atoms with Gasteiger partial charge in [0.15, 0.2) is 0 Å². The molecule has 1 aromatic carbocycles. The SMILES string of the molecule is CCCc1cc(C)nc(NN=C(C)c2ccc(CC(C)C)cc2)n1. The van der Waals surface area contributed by atoms with Crippen LogP contribution in [0.15, 0.2) is 35.4 Å². The minimum absolute atomic E-state index is 0.564. The Morgan fingerprint density at radius 2 is 1.88 bits per heavy atom. The summed E-state index contributed by atoms with van der Waals surface area (Å²) in [5, 5.41) is 4.44. The predicted molar refractivity (Wildman–Crippen MR) is 102 cm³/mol. The number of aromatic nitrogens is 2. The molecule has 128 valence electrons. The standard InChI is InChI=1S/C20H28N4/c1-6-7-19-13-15(4)21-20(22-19)24-23-16(5)18-10-8-17(9-11-18)12-14(2)3/h8-11,13-14H,6-7,12H2,1-5H3,(H,21,22,24). The molecule has 0 spiro atoms. The maximum Gasteiger partial charge on any atom is 0.243 e. The third kappa shape index (κ3) is 5.44. The minimum Gasteiger partial charge on any atom is -0.245 e. The van der Waals surface area contributed by atoms with E-state index in [4.69, 9.17) is 0 Å². The van der Waals surface area contributed by atoms with Crippen molar-refractivity contribution in [1.29, 1.82) is 0 Å². The molecular weight excluding hydrogens is 296 g/mol. The van der Waals surface area contributed by atoms with Gasteiger partial charge in [0.25, 0.3) is 0 Å². The molecule has 2 rings (SSSR count). The van der Waals surface area contributed by atoms with Gasteiger partial charge in [-0.1, -0.05) is 51.5 Å². The Kier molecular flexibility index (Phi) is 6.47. The lowest BCUT2D eigenvalue weighted by Gasteiger charge is -2.07. The molecule has 4 nitrogen and oxygen atoms in total. The molecule has 1 N–H and O–H groups in total. The van der Waals surface area contributed by atoms with Crippen LogP contribution in [0.2, 0.25) is 0 Å². The van der Waals surface area contributed by atoms with Crippen molar-refractivity contribution in [2.24, 2.45) is 11.0 Å². The van der Waals surface area contributed by atoms with Gasteiger partial charge in [-0.2, -0.15) is 5.10 Å². The Morgan fingerprint density at radius 1 is 1.17 bits per heavy atom. The number of hydrogen-bond acceptors (Lipinski definition) is 4. The van der Waals surface area contributed by atoms with Crippen LogP contribution in [-0.4, -0.2) is 15.7 Å². The zero-order chi connectivity index (χ0) is 17.5. The molecule has 0 amide bonds. The van der Waals surface area contributed by atoms with Crippen molar-refractivity contribution >= 4 is 11.7 Å². The first-order valence-corrected chi connectivity index (χ1v) is 8.72. The number of rotatable bonds is 7. The first kappa shape index (κ1) is 18.1. The molecule has 1 heterocycles. The van der Waals surface area contributed by atoms with Gasteiger partial charge in [-0.3, -0.25) is 0 Å². The van der Waals surface area contributed by atoms with Crippen LogP contribution < -0.4 is 5.43 Å². The zero-order valence-corrected chi connectivity index (χ0v) is 15.4. The molecule has 0 saturated heterocycles. The largest absolute Gasteiger partial charge is 0.245 e. The summed E-state index contributed by atoms with van der Waals surface area (Å²) in [5.41, 5.74) is 8.40. The molecule has 1 aromatic heterocycles. The minimum atomic E-state index is 0.564. The lowest BCUT2D eigenvalue weighted by atomic mass is 10.0. The average Bonchev–Trinajstić information content (AvgIpc) is 2.52. The summed E-state index contributed by atoms with van der Waals surface area (Å²) in [7, 11) is 0. The maximum atomic E-state index is 4.51. The van der Waals surface area contributed by atoms with E-state index in [2.05, 4.69) is 65.5 Å². The van der Waals surface area contributed by atoms with E-state index < -0.39 is 0 Å². The smallest absolute Gasteiger partial charge is 0.243 e. The highest BCUT2D eigenvalue weighted by Crippen LogP contribution is 2.11. The van der Waals surface area contributed by atoms with Crippen molar-refractivity contribution in [3.63, 3.8) is 0 Å². The van der Waals surface area contributed by atoms with Gasteiger partial charge in [0.2, 0.25) is 5.95 Å². The van der Waals surface area contributed by atoms with Crippen molar-refractivity contribution in [3.8, 4) is 0 Å². The Bertz CT molecular complexity index is 687. The normalized spacial score (nSPS) is 11.8. The summed E-state index contributed by atoms with van der Waals surface area (Å²) in [6.07, 6.45) is 3.13. The van der Waals surface area contributed by atoms with Crippen molar-refractivity contribution in [2.75, 3.05) is 5.43 Å². The number of anilines is 1. The molecule has 4 heteroatoms. The molecule has 0 atom stereocenters. The summed E-state index contributed by atoms with van der Waals surface area (Å²) in [6.45, 7) is 10.6. The topological polar surface area (TPSA) is 50.2 Å². The van der Waals surface area contributed by atoms with Gasteiger partial charge < -0.3 is 0 Å². The zero-order valence-electron chi connectivity index (χ0n) is 15.4. The van der Waals surface area contributed by atoms with E-state index in [-0.39, 0.29) is 0 Å². The number of aryl methyl sites for hydroxylation is 2. The Labute approximate surface area is 145 Å². The van der Waals surface area contributed by atoms with Crippen LogP contribution in [0, 0.1) is 12.8 Å². The second-order valence-electron chi connectivity index (χ2n) is 6.68. The van der Waals surface area contributed by atoms with Gasteiger partial charge in [0.05, 0.1) is 5.71 Å². The van der Waals surface area contributed by atoms with Crippen LogP contribution in [0.5, 0.6) is 0 Å². The molecule has 0 radical (unpaired) electrons. The molecule has 0 bridgehead atoms. The van der Waals surface area contributed by atoms with Gasteiger partial charge in [0.1, 0.15) is 0 Å². The number of benzene rings is 1. The van der Waals surface area contributed by atoms with E-state index in [0.717, 1.165) is 41.9 Å². The van der Waals surface area contributed by atoms with Crippen molar-refractivity contribution in [3.05, 3.63) is 52.8 Å². The van der Waals surface area contributed by atoms with Crippen LogP contribution in [0.25, 0.3) is 0 Å². The molecule has 0 aliphatic rings. The Balaban J connectivity index is 2.08. The lowest BCUT2D eigenvalue weighted by Crippen LogP contribution is -2.05. The van der Waals surface area contributed by atoms with Crippen molar-refractivity contribution in [1.82, 2.24) is 9.97 Å². The molecule has 24 heavy (non-hydrogen) atoms. The number of nitrogens with one attached hydrogen (secondary N) is 1. The monoisotopic (exact) mass is 324 g/mol. The van der Waals surface area contributed by atoms with Crippen LogP contribution in [0.1, 0.15) is 56.6 Å². The molecule has 0 aliphatic heterocycles. The quantitative estimate of drug-likeness (QED) is 0.589. The van der Waals surface area contributed by atoms with Gasteiger partial charge in [-0.25, -0.2) is 15.4 Å². The van der Waals surface area contributed by atoms with E-state index in [9.17, 15) is 0 Å². The van der Waals surface area contributed by atoms with Crippen LogP contribution >= 0.6 is 0 Å². The second-order valence-corrected chi connectivity index (χ2v) is 6.68. The molecule has 0 aliphatic carbocycles. The molecule has 0 fully saturated rings. The third-order valence-electron chi connectivity index (χ3n) is 3.75. The highest BCUT2D eigenvalue weighted by atomic mass is 15.4. The van der Waals surface area contributed by atoms with Gasteiger partial charge in [-0.05, 0) is 49.8 Å². The summed E-state index contributed by atoms with van der Waals surface area (Å²) in [6, 6.07) is 10.6. The summed E-state index contributed by atoms with van der Waals surface area (Å²) < 4.78 is 0. The highest BCUT2D eigenvalue weighted by Gasteiger charge is 2.03. The van der Waals surface area contributed by atoms with E-state index in [1.807, 2.05) is 19.9 Å². The fraction of sp³-hybridized carbons (Fsp3) is 0.450. The summed E-state index contributed by atoms with van der Waals surface area (Å²) in [4.78, 5) is 8.91. The average molecular weight is 324 g/mol. The van der Waals surface area contributed by atoms with E-state index in [1.165, 1.54) is 5.56 Å². The fourth-order valence-corrected chi connectivity index (χ4v) is 2.62. The second kappa shape index (κ2) is 8.57. The van der Waals surface area contributed by atoms with Crippen LogP contribution in [0.4, 0.5) is 5.95 Å². The molecule has 0 unspecified atom stereocenters. The van der Waals surface area contributed by atoms with Gasteiger partial charge in [-0.15, -0.1) is 0 Å². The van der Waals surface area contributed by atoms with E-state index >= 15 is 0 Å². The summed E-state index contributed by atoms with van der Waals surface area (Å²) in [5.74, 6) is 1.23. The van der Waals surface area contributed by atoms with Crippen LogP contribution in [-0.2, 0) is 12.8 Å². The maximum absolute atomic E-state index is 4.51. The fourth-order valence-electron chi connectivity index (χ4n) is 2.62. The highest BCUT2D eigenvalue weighted by molar-refractivity contribution is 5.99. The molecule has 0 saturated carbocycles. The van der Waals surface area contributed by atoms with Crippen LogP contribution in [0.3, 0.4) is 0 Å². The number of hydrazone groups is 1. The van der Waals surface area contributed by atoms with E-state index in [0.29, 0.717) is 11.9 Å². The summed E-state index contributed by atoms with van der Waals surface area (Å²) >= 11 is 0. The number of nitrogens with zero attached hydrogens (tertiary/aromatic N) is 3. The van der Waals surface area contributed by atoms with Gasteiger partial charge in [0, 0.05) is 11.4 Å². The number of hydrogen-bond donors (Lipinski definition) is 1.